The van der Waals surface area contributed by atoms with E-state index in [1.165, 1.54) is 11.6 Å². The molecule has 0 aromatic carbocycles. The standard InChI is InChI=1S/C6H9N3O3/c1-4(11)7-6-5(3-10)9(2)8-12-6/h10H,3H2,1-2H3/p+1. The highest BCUT2D eigenvalue weighted by Gasteiger charge is 2.20. The van der Waals surface area contributed by atoms with E-state index in [4.69, 9.17) is 9.63 Å². The van der Waals surface area contributed by atoms with E-state index in [1.807, 2.05) is 0 Å². The fourth-order valence-corrected chi connectivity index (χ4v) is 0.780. The van der Waals surface area contributed by atoms with Crippen molar-refractivity contribution in [1.82, 2.24) is 5.27 Å². The zero-order chi connectivity index (χ0) is 9.14. The number of aryl methyl sites for hydroxylation is 1. The summed E-state index contributed by atoms with van der Waals surface area (Å²) in [6, 6.07) is 0. The lowest BCUT2D eigenvalue weighted by Gasteiger charge is -1.91. The number of aromatic nitrogens is 2. The predicted octanol–water partition coefficient (Wildman–Crippen LogP) is -1.05. The van der Waals surface area contributed by atoms with Crippen molar-refractivity contribution in [2.45, 2.75) is 13.5 Å². The normalized spacial score (nSPS) is 9.92. The molecule has 0 saturated carbocycles. The van der Waals surface area contributed by atoms with Crippen LogP contribution in [0.4, 0.5) is 5.88 Å². The van der Waals surface area contributed by atoms with E-state index in [0.717, 1.165) is 0 Å². The van der Waals surface area contributed by atoms with E-state index in [9.17, 15) is 4.79 Å². The first-order valence-electron chi connectivity index (χ1n) is 3.38. The molecule has 0 aliphatic heterocycles. The summed E-state index contributed by atoms with van der Waals surface area (Å²) < 4.78 is 6.07. The number of hydrogen-bond donors (Lipinski definition) is 2. The predicted molar refractivity (Wildman–Crippen MR) is 37.9 cm³/mol. The Morgan fingerprint density at radius 3 is 3.00 bits per heavy atom. The molecule has 0 fully saturated rings. The molecule has 0 unspecified atom stereocenters. The van der Waals surface area contributed by atoms with Crippen molar-refractivity contribution in [3.8, 4) is 0 Å². The van der Waals surface area contributed by atoms with Gasteiger partial charge in [0.15, 0.2) is 7.05 Å². The molecule has 6 heteroatoms. The van der Waals surface area contributed by atoms with E-state index in [1.54, 1.807) is 7.05 Å². The van der Waals surface area contributed by atoms with E-state index in [2.05, 4.69) is 10.6 Å². The molecule has 0 atom stereocenters. The van der Waals surface area contributed by atoms with Crippen molar-refractivity contribution in [3.05, 3.63) is 5.69 Å². The average Bonchev–Trinajstić information content (AvgIpc) is 2.30. The molecule has 6 nitrogen and oxygen atoms in total. The lowest BCUT2D eigenvalue weighted by Crippen LogP contribution is -2.34. The molecule has 0 radical (unpaired) electrons. The maximum Gasteiger partial charge on any atom is 0.308 e. The van der Waals surface area contributed by atoms with Gasteiger partial charge < -0.3 is 5.11 Å². The SMILES string of the molecule is CC(=O)Nc1on[n+](C)c1CO. The Hall–Kier alpha value is -1.43. The molecule has 1 aromatic heterocycles. The fraction of sp³-hybridized carbons (Fsp3) is 0.500. The Bertz CT molecular complexity index is 294. The van der Waals surface area contributed by atoms with Crippen LogP contribution in [0.25, 0.3) is 0 Å². The molecule has 1 rings (SSSR count). The van der Waals surface area contributed by atoms with Crippen LogP contribution in [0.5, 0.6) is 0 Å². The monoisotopic (exact) mass is 172 g/mol. The van der Waals surface area contributed by atoms with Crippen LogP contribution in [0, 0.1) is 0 Å². The summed E-state index contributed by atoms with van der Waals surface area (Å²) in [5, 5.41) is 14.7. The summed E-state index contributed by atoms with van der Waals surface area (Å²) in [5.74, 6) is -0.0750. The highest BCUT2D eigenvalue weighted by Crippen LogP contribution is 2.08. The Morgan fingerprint density at radius 1 is 1.83 bits per heavy atom. The van der Waals surface area contributed by atoms with Crippen molar-refractivity contribution in [3.63, 3.8) is 0 Å². The van der Waals surface area contributed by atoms with Gasteiger partial charge in [-0.25, -0.2) is 0 Å². The van der Waals surface area contributed by atoms with E-state index < -0.39 is 0 Å². The molecule has 1 aromatic rings. The number of anilines is 1. The highest BCUT2D eigenvalue weighted by atomic mass is 16.5. The summed E-state index contributed by atoms with van der Waals surface area (Å²) in [6.45, 7) is 1.12. The first kappa shape index (κ1) is 8.66. The third kappa shape index (κ3) is 1.59. The van der Waals surface area contributed by atoms with Gasteiger partial charge in [-0.3, -0.25) is 14.6 Å². The van der Waals surface area contributed by atoms with Gasteiger partial charge >= 0.3 is 5.88 Å². The van der Waals surface area contributed by atoms with Crippen molar-refractivity contribution in [2.75, 3.05) is 5.32 Å². The Morgan fingerprint density at radius 2 is 2.50 bits per heavy atom. The summed E-state index contributed by atoms with van der Waals surface area (Å²) >= 11 is 0. The van der Waals surface area contributed by atoms with Gasteiger partial charge in [0, 0.05) is 6.92 Å². The Kier molecular flexibility index (Phi) is 2.39. The van der Waals surface area contributed by atoms with Gasteiger partial charge in [-0.05, 0) is 4.68 Å². The molecule has 0 saturated heterocycles. The van der Waals surface area contributed by atoms with Crippen molar-refractivity contribution in [1.29, 1.82) is 0 Å². The molecule has 0 aliphatic rings. The third-order valence-electron chi connectivity index (χ3n) is 1.35. The molecule has 1 amide bonds. The minimum absolute atomic E-state index is 0.188. The second-order valence-corrected chi connectivity index (χ2v) is 2.31. The number of nitrogens with one attached hydrogen (secondary N) is 1. The third-order valence-corrected chi connectivity index (χ3v) is 1.35. The Labute approximate surface area is 68.8 Å². The zero-order valence-corrected chi connectivity index (χ0v) is 6.87. The lowest BCUT2D eigenvalue weighted by molar-refractivity contribution is -0.747. The quantitative estimate of drug-likeness (QED) is 0.558. The van der Waals surface area contributed by atoms with Crippen LogP contribution >= 0.6 is 0 Å². The highest BCUT2D eigenvalue weighted by molar-refractivity contribution is 5.87. The van der Waals surface area contributed by atoms with Crippen LogP contribution in [-0.2, 0) is 18.4 Å². The van der Waals surface area contributed by atoms with E-state index >= 15 is 0 Å². The summed E-state index contributed by atoms with van der Waals surface area (Å²) in [7, 11) is 1.61. The van der Waals surface area contributed by atoms with Crippen molar-refractivity contribution in [2.24, 2.45) is 7.05 Å². The first-order valence-corrected chi connectivity index (χ1v) is 3.38. The van der Waals surface area contributed by atoms with Gasteiger partial charge in [0.1, 0.15) is 6.61 Å². The summed E-state index contributed by atoms with van der Waals surface area (Å²) in [5.41, 5.74) is 0.435. The minimum atomic E-state index is -0.263. The molecule has 0 aliphatic carbocycles. The number of carbonyl (C=O) groups excluding carboxylic acids is 1. The van der Waals surface area contributed by atoms with E-state index in [0.29, 0.717) is 5.69 Å². The molecular formula is C6H10N3O3+. The maximum atomic E-state index is 10.6. The van der Waals surface area contributed by atoms with Crippen LogP contribution in [-0.4, -0.2) is 16.3 Å². The van der Waals surface area contributed by atoms with Gasteiger partial charge in [0.2, 0.25) is 11.2 Å². The Balaban J connectivity index is 2.91. The minimum Gasteiger partial charge on any atom is -0.385 e. The topological polar surface area (TPSA) is 79.2 Å². The number of aliphatic hydroxyl groups excluding tert-OH is 1. The van der Waals surface area contributed by atoms with Crippen LogP contribution in [0.1, 0.15) is 12.6 Å². The van der Waals surface area contributed by atoms with Crippen LogP contribution < -0.4 is 10.00 Å². The van der Waals surface area contributed by atoms with Crippen LogP contribution in [0.3, 0.4) is 0 Å². The zero-order valence-electron chi connectivity index (χ0n) is 6.87. The van der Waals surface area contributed by atoms with Gasteiger partial charge in [0.05, 0.1) is 0 Å². The molecule has 1 heterocycles. The van der Waals surface area contributed by atoms with Gasteiger partial charge in [-0.2, -0.15) is 0 Å². The second-order valence-electron chi connectivity index (χ2n) is 2.31. The summed E-state index contributed by atoms with van der Waals surface area (Å²) in [6.07, 6.45) is 0. The maximum absolute atomic E-state index is 10.6. The molecule has 66 valence electrons. The van der Waals surface area contributed by atoms with Crippen molar-refractivity contribution >= 4 is 11.8 Å². The average molecular weight is 172 g/mol. The first-order chi connectivity index (χ1) is 5.65. The van der Waals surface area contributed by atoms with Crippen molar-refractivity contribution < 1.29 is 19.1 Å². The van der Waals surface area contributed by atoms with Gasteiger partial charge in [-0.1, -0.05) is 0 Å². The number of amides is 1. The van der Waals surface area contributed by atoms with Crippen LogP contribution in [0.15, 0.2) is 4.52 Å². The molecule has 12 heavy (non-hydrogen) atoms. The van der Waals surface area contributed by atoms with E-state index in [-0.39, 0.29) is 18.4 Å². The molecule has 0 spiro atoms. The molecule has 0 bridgehead atoms. The summed E-state index contributed by atoms with van der Waals surface area (Å²) in [4.78, 5) is 10.6. The lowest BCUT2D eigenvalue weighted by atomic mass is 10.4. The largest absolute Gasteiger partial charge is 0.385 e. The van der Waals surface area contributed by atoms with Crippen LogP contribution in [0.2, 0.25) is 0 Å². The second kappa shape index (κ2) is 3.31. The smallest absolute Gasteiger partial charge is 0.308 e. The number of nitrogens with zero attached hydrogens (tertiary/aromatic N) is 2. The van der Waals surface area contributed by atoms with Gasteiger partial charge in [-0.15, -0.1) is 0 Å². The number of rotatable bonds is 2. The molecule has 2 N–H and O–H groups in total. The fourth-order valence-electron chi connectivity index (χ4n) is 0.780. The number of aliphatic hydroxyl groups is 1. The van der Waals surface area contributed by atoms with Gasteiger partial charge in [0.25, 0.3) is 5.69 Å². The molecular weight excluding hydrogens is 162 g/mol. The number of carbonyl (C=O) groups is 1. The number of hydrogen-bond acceptors (Lipinski definition) is 4.